The molecule has 1 saturated heterocycles. The molecule has 1 aromatic heterocycles. The number of nitrogens with two attached hydrogens (primary N) is 1. The molecule has 2 heterocycles. The monoisotopic (exact) mass is 464 g/mol. The van der Waals surface area contributed by atoms with Gasteiger partial charge in [0.2, 0.25) is 0 Å². The van der Waals surface area contributed by atoms with E-state index in [2.05, 4.69) is 11.1 Å². The smallest absolute Gasteiger partial charge is 0.337 e. The average molecular weight is 465 g/mol. The average Bonchev–Trinajstić information content (AvgIpc) is 3.15. The van der Waals surface area contributed by atoms with E-state index in [1.165, 1.54) is 24.0 Å². The predicted octanol–water partition coefficient (Wildman–Crippen LogP) is 3.94. The molecular formula is C22H26Cl2N4O3. The zero-order valence-electron chi connectivity index (χ0n) is 17.0. The first kappa shape index (κ1) is 23.3. The quantitative estimate of drug-likeness (QED) is 0.697. The Balaban J connectivity index is 0.00000272. The highest BCUT2D eigenvalue weighted by molar-refractivity contribution is 6.30. The number of hydrogen-bond acceptors (Lipinski definition) is 4. The number of pyridine rings is 1. The van der Waals surface area contributed by atoms with Crippen LogP contribution in [-0.2, 0) is 5.41 Å². The van der Waals surface area contributed by atoms with Crippen molar-refractivity contribution in [3.8, 4) is 0 Å². The van der Waals surface area contributed by atoms with E-state index in [-0.39, 0.29) is 35.5 Å². The lowest BCUT2D eigenvalue weighted by atomic mass is 9.68. The van der Waals surface area contributed by atoms with Crippen LogP contribution in [0.4, 0.5) is 10.5 Å². The first-order chi connectivity index (χ1) is 14.4. The minimum Gasteiger partial charge on any atom is -0.478 e. The summed E-state index contributed by atoms with van der Waals surface area (Å²) >= 11 is 6.20. The van der Waals surface area contributed by atoms with Gasteiger partial charge in [0.15, 0.2) is 0 Å². The summed E-state index contributed by atoms with van der Waals surface area (Å²) in [6.07, 6.45) is 6.36. The van der Waals surface area contributed by atoms with Gasteiger partial charge >= 0.3 is 12.0 Å². The maximum absolute atomic E-state index is 13.1. The van der Waals surface area contributed by atoms with E-state index in [0.29, 0.717) is 30.3 Å². The van der Waals surface area contributed by atoms with Crippen molar-refractivity contribution in [2.75, 3.05) is 24.5 Å². The Bertz CT molecular complexity index is 963. The molecule has 1 aliphatic heterocycles. The number of carboxylic acids is 1. The van der Waals surface area contributed by atoms with Gasteiger partial charge in [-0.25, -0.2) is 9.59 Å². The third-order valence-electron chi connectivity index (χ3n) is 6.50. The van der Waals surface area contributed by atoms with E-state index >= 15 is 0 Å². The number of rotatable bonds is 5. The molecule has 1 aliphatic carbocycles. The molecule has 1 aromatic carbocycles. The van der Waals surface area contributed by atoms with Gasteiger partial charge in [-0.15, -0.1) is 12.4 Å². The van der Waals surface area contributed by atoms with E-state index in [9.17, 15) is 14.7 Å². The zero-order chi connectivity index (χ0) is 21.3. The number of aromatic nitrogens is 1. The minimum atomic E-state index is -1.06. The molecule has 2 aliphatic rings. The third-order valence-corrected chi connectivity index (χ3v) is 6.74. The van der Waals surface area contributed by atoms with E-state index in [1.54, 1.807) is 4.90 Å². The van der Waals surface area contributed by atoms with E-state index in [4.69, 9.17) is 17.3 Å². The van der Waals surface area contributed by atoms with Crippen LogP contribution >= 0.6 is 24.0 Å². The highest BCUT2D eigenvalue weighted by Crippen LogP contribution is 2.41. The number of halogens is 2. The van der Waals surface area contributed by atoms with Crippen molar-refractivity contribution >= 4 is 41.7 Å². The number of benzene rings is 1. The predicted molar refractivity (Wildman–Crippen MR) is 122 cm³/mol. The van der Waals surface area contributed by atoms with Crippen LogP contribution in [0, 0.1) is 0 Å². The summed E-state index contributed by atoms with van der Waals surface area (Å²) in [6.45, 7) is 1.69. The summed E-state index contributed by atoms with van der Waals surface area (Å²) in [7, 11) is 0. The van der Waals surface area contributed by atoms with Crippen molar-refractivity contribution in [2.45, 2.75) is 37.1 Å². The molecule has 166 valence electrons. The Morgan fingerprint density at radius 1 is 1.23 bits per heavy atom. The SMILES string of the molecule is Cl.NCC1(c2cccc(Cl)c2)CCC(N2CCN(c3cncc(C(=O)O)c3)C2=O)CC1. The molecule has 4 rings (SSSR count). The summed E-state index contributed by atoms with van der Waals surface area (Å²) in [6, 6.07) is 9.47. The van der Waals surface area contributed by atoms with Gasteiger partial charge < -0.3 is 15.7 Å². The fourth-order valence-corrected chi connectivity index (χ4v) is 4.91. The first-order valence-electron chi connectivity index (χ1n) is 10.2. The van der Waals surface area contributed by atoms with Gasteiger partial charge in [-0.2, -0.15) is 0 Å². The molecule has 1 saturated carbocycles. The fourth-order valence-electron chi connectivity index (χ4n) is 4.72. The number of carbonyl (C=O) groups is 2. The van der Waals surface area contributed by atoms with Crippen LogP contribution in [0.25, 0.3) is 0 Å². The number of hydrogen-bond donors (Lipinski definition) is 2. The van der Waals surface area contributed by atoms with Gasteiger partial charge in [-0.1, -0.05) is 23.7 Å². The van der Waals surface area contributed by atoms with Crippen LogP contribution in [0.5, 0.6) is 0 Å². The van der Waals surface area contributed by atoms with Gasteiger partial charge in [-0.3, -0.25) is 9.88 Å². The van der Waals surface area contributed by atoms with Gasteiger partial charge in [0.05, 0.1) is 17.4 Å². The Hall–Kier alpha value is -2.35. The van der Waals surface area contributed by atoms with Crippen molar-refractivity contribution in [1.29, 1.82) is 0 Å². The molecule has 31 heavy (non-hydrogen) atoms. The second-order valence-corrected chi connectivity index (χ2v) is 8.53. The summed E-state index contributed by atoms with van der Waals surface area (Å²) in [5.41, 5.74) is 7.85. The second-order valence-electron chi connectivity index (χ2n) is 8.09. The number of anilines is 1. The molecule has 2 aromatic rings. The van der Waals surface area contributed by atoms with Crippen LogP contribution in [0.1, 0.15) is 41.6 Å². The van der Waals surface area contributed by atoms with Crippen LogP contribution < -0.4 is 10.6 Å². The largest absolute Gasteiger partial charge is 0.478 e. The summed E-state index contributed by atoms with van der Waals surface area (Å²) in [4.78, 5) is 31.8. The number of carboxylic acid groups (broad SMARTS) is 1. The van der Waals surface area contributed by atoms with Crippen LogP contribution in [-0.4, -0.2) is 52.7 Å². The standard InChI is InChI=1S/C22H25ClN4O3.ClH/c23-17-3-1-2-16(11-17)22(14-24)6-4-18(5-7-22)26-8-9-27(21(26)30)19-10-15(20(28)29)12-25-13-19;/h1-3,10-13,18H,4-9,14,24H2,(H,28,29);1H. The molecule has 0 bridgehead atoms. The van der Waals surface area contributed by atoms with Crippen LogP contribution in [0.3, 0.4) is 0 Å². The van der Waals surface area contributed by atoms with Crippen molar-refractivity contribution in [3.63, 3.8) is 0 Å². The van der Waals surface area contributed by atoms with E-state index < -0.39 is 5.97 Å². The molecule has 0 radical (unpaired) electrons. The normalized spacial score (nSPS) is 23.5. The highest BCUT2D eigenvalue weighted by Gasteiger charge is 2.41. The molecule has 0 spiro atoms. The number of carbonyl (C=O) groups excluding carboxylic acids is 1. The maximum atomic E-state index is 13.1. The molecule has 0 atom stereocenters. The van der Waals surface area contributed by atoms with Crippen molar-refractivity contribution in [1.82, 2.24) is 9.88 Å². The first-order valence-corrected chi connectivity index (χ1v) is 10.5. The summed E-state index contributed by atoms with van der Waals surface area (Å²) < 4.78 is 0. The number of nitrogens with zero attached hydrogens (tertiary/aromatic N) is 3. The van der Waals surface area contributed by atoms with Gasteiger partial charge in [0, 0.05) is 42.3 Å². The van der Waals surface area contributed by atoms with Crippen LogP contribution in [0.2, 0.25) is 5.02 Å². The lowest BCUT2D eigenvalue weighted by molar-refractivity contribution is 0.0696. The fraction of sp³-hybridized carbons (Fsp3) is 0.409. The molecule has 9 heteroatoms. The van der Waals surface area contributed by atoms with Gasteiger partial charge in [-0.05, 0) is 49.4 Å². The Kier molecular flexibility index (Phi) is 7.09. The Labute approximate surface area is 192 Å². The zero-order valence-corrected chi connectivity index (χ0v) is 18.6. The lowest BCUT2D eigenvalue weighted by Gasteiger charge is -2.42. The van der Waals surface area contributed by atoms with Crippen molar-refractivity contribution in [3.05, 3.63) is 58.9 Å². The third kappa shape index (κ3) is 4.49. The van der Waals surface area contributed by atoms with Gasteiger partial charge in [0.1, 0.15) is 0 Å². The molecule has 2 fully saturated rings. The lowest BCUT2D eigenvalue weighted by Crippen LogP contribution is -2.46. The molecule has 0 unspecified atom stereocenters. The van der Waals surface area contributed by atoms with E-state index in [0.717, 1.165) is 25.7 Å². The Morgan fingerprint density at radius 3 is 2.61 bits per heavy atom. The summed E-state index contributed by atoms with van der Waals surface area (Å²) in [5, 5.41) is 9.90. The van der Waals surface area contributed by atoms with E-state index in [1.807, 2.05) is 23.1 Å². The van der Waals surface area contributed by atoms with Gasteiger partial charge in [0.25, 0.3) is 0 Å². The molecule has 2 amide bonds. The van der Waals surface area contributed by atoms with Crippen LogP contribution in [0.15, 0.2) is 42.7 Å². The highest BCUT2D eigenvalue weighted by atomic mass is 35.5. The minimum absolute atomic E-state index is 0. The molecule has 7 nitrogen and oxygen atoms in total. The Morgan fingerprint density at radius 2 is 1.97 bits per heavy atom. The number of urea groups is 1. The van der Waals surface area contributed by atoms with Crippen molar-refractivity contribution < 1.29 is 14.7 Å². The molecule has 3 N–H and O–H groups in total. The second kappa shape index (κ2) is 9.42. The van der Waals surface area contributed by atoms with Crippen molar-refractivity contribution in [2.24, 2.45) is 5.73 Å². The molecular weight excluding hydrogens is 439 g/mol. The topological polar surface area (TPSA) is 99.8 Å². The summed E-state index contributed by atoms with van der Waals surface area (Å²) in [5.74, 6) is -1.06. The number of amides is 2. The maximum Gasteiger partial charge on any atom is 0.337 e. The number of aromatic carboxylic acids is 1.